The summed E-state index contributed by atoms with van der Waals surface area (Å²) in [5.74, 6) is 1.04. The van der Waals surface area contributed by atoms with Gasteiger partial charge in [0.25, 0.3) is 0 Å². The summed E-state index contributed by atoms with van der Waals surface area (Å²) in [5, 5.41) is 3.46. The number of nitrogens with zero attached hydrogens (tertiary/aromatic N) is 3. The number of likely N-dealkylation sites (N-methyl/N-ethyl adjacent to an activating group) is 1. The lowest BCUT2D eigenvalue weighted by Gasteiger charge is -2.12. The second kappa shape index (κ2) is 4.23. The first-order valence-corrected chi connectivity index (χ1v) is 5.60. The zero-order chi connectivity index (χ0) is 10.8. The van der Waals surface area contributed by atoms with Crippen molar-refractivity contribution in [3.05, 3.63) is 11.9 Å². The maximum absolute atomic E-state index is 4.50. The SMILES string of the molecule is Cc1cn(CCN(C)C)c(NC2CC2)n1. The van der Waals surface area contributed by atoms with Crippen molar-refractivity contribution in [3.63, 3.8) is 0 Å². The number of rotatable bonds is 5. The van der Waals surface area contributed by atoms with E-state index in [0.717, 1.165) is 24.7 Å². The molecule has 1 aliphatic rings. The van der Waals surface area contributed by atoms with Crippen molar-refractivity contribution in [1.29, 1.82) is 0 Å². The van der Waals surface area contributed by atoms with E-state index in [2.05, 4.69) is 40.1 Å². The van der Waals surface area contributed by atoms with Crippen molar-refractivity contribution in [2.45, 2.75) is 32.4 Å². The summed E-state index contributed by atoms with van der Waals surface area (Å²) in [6.07, 6.45) is 4.70. The molecule has 1 aliphatic carbocycles. The Balaban J connectivity index is 1.99. The summed E-state index contributed by atoms with van der Waals surface area (Å²) < 4.78 is 2.22. The van der Waals surface area contributed by atoms with Gasteiger partial charge in [0.05, 0.1) is 5.69 Å². The van der Waals surface area contributed by atoms with Gasteiger partial charge in [0.15, 0.2) is 0 Å². The Kier molecular flexibility index (Phi) is 2.95. The van der Waals surface area contributed by atoms with Crippen LogP contribution in [0.3, 0.4) is 0 Å². The highest BCUT2D eigenvalue weighted by atomic mass is 15.2. The van der Waals surface area contributed by atoms with Crippen LogP contribution >= 0.6 is 0 Å². The van der Waals surface area contributed by atoms with Gasteiger partial charge >= 0.3 is 0 Å². The maximum Gasteiger partial charge on any atom is 0.203 e. The predicted molar refractivity (Wildman–Crippen MR) is 62.2 cm³/mol. The first-order chi connectivity index (χ1) is 7.15. The van der Waals surface area contributed by atoms with Gasteiger partial charge in [-0.2, -0.15) is 0 Å². The number of aryl methyl sites for hydroxylation is 1. The average molecular weight is 208 g/mol. The molecular formula is C11H20N4. The lowest BCUT2D eigenvalue weighted by molar-refractivity contribution is 0.385. The topological polar surface area (TPSA) is 33.1 Å². The number of imidazole rings is 1. The Morgan fingerprint density at radius 3 is 2.87 bits per heavy atom. The molecule has 0 amide bonds. The van der Waals surface area contributed by atoms with Crippen molar-refractivity contribution in [1.82, 2.24) is 14.5 Å². The lowest BCUT2D eigenvalue weighted by atomic mass is 10.5. The molecule has 0 bridgehead atoms. The Bertz CT molecular complexity index is 325. The summed E-state index contributed by atoms with van der Waals surface area (Å²) in [6.45, 7) is 4.10. The van der Waals surface area contributed by atoms with Crippen LogP contribution in [0.1, 0.15) is 18.5 Å². The molecule has 1 N–H and O–H groups in total. The quantitative estimate of drug-likeness (QED) is 0.792. The van der Waals surface area contributed by atoms with Crippen LogP contribution in [-0.4, -0.2) is 41.1 Å². The third-order valence-corrected chi connectivity index (χ3v) is 2.60. The maximum atomic E-state index is 4.50. The molecule has 1 fully saturated rings. The summed E-state index contributed by atoms with van der Waals surface area (Å²) in [4.78, 5) is 6.69. The number of nitrogens with one attached hydrogen (secondary N) is 1. The minimum atomic E-state index is 0.671. The van der Waals surface area contributed by atoms with E-state index in [1.54, 1.807) is 0 Å². The molecule has 0 unspecified atom stereocenters. The number of aromatic nitrogens is 2. The normalized spacial score (nSPS) is 16.0. The third-order valence-electron chi connectivity index (χ3n) is 2.60. The van der Waals surface area contributed by atoms with Gasteiger partial charge in [-0.3, -0.25) is 0 Å². The summed E-state index contributed by atoms with van der Waals surface area (Å²) in [5.41, 5.74) is 1.09. The van der Waals surface area contributed by atoms with Gasteiger partial charge in [-0.15, -0.1) is 0 Å². The van der Waals surface area contributed by atoms with Crippen LogP contribution in [0.25, 0.3) is 0 Å². The minimum Gasteiger partial charge on any atom is -0.353 e. The first kappa shape index (κ1) is 10.5. The zero-order valence-corrected chi connectivity index (χ0v) is 9.82. The summed E-state index contributed by atoms with van der Waals surface area (Å²) in [7, 11) is 4.19. The van der Waals surface area contributed by atoms with Crippen LogP contribution in [0, 0.1) is 6.92 Å². The molecule has 4 heteroatoms. The molecule has 0 saturated heterocycles. The molecule has 2 rings (SSSR count). The predicted octanol–water partition coefficient (Wildman–Crippen LogP) is 1.33. The van der Waals surface area contributed by atoms with E-state index < -0.39 is 0 Å². The van der Waals surface area contributed by atoms with E-state index in [1.165, 1.54) is 12.8 Å². The fraction of sp³-hybridized carbons (Fsp3) is 0.727. The van der Waals surface area contributed by atoms with Crippen LogP contribution < -0.4 is 5.32 Å². The molecule has 15 heavy (non-hydrogen) atoms. The van der Waals surface area contributed by atoms with Crippen molar-refractivity contribution in [2.24, 2.45) is 0 Å². The third kappa shape index (κ3) is 2.96. The highest BCUT2D eigenvalue weighted by molar-refractivity contribution is 5.32. The van der Waals surface area contributed by atoms with Crippen LogP contribution in [0.15, 0.2) is 6.20 Å². The standard InChI is InChI=1S/C11H20N4/c1-9-8-15(7-6-14(2)3)11(12-9)13-10-4-5-10/h8,10H,4-7H2,1-3H3,(H,12,13). The molecule has 4 nitrogen and oxygen atoms in total. The van der Waals surface area contributed by atoms with Gasteiger partial charge in [-0.05, 0) is 33.9 Å². The molecule has 0 aliphatic heterocycles. The smallest absolute Gasteiger partial charge is 0.203 e. The van der Waals surface area contributed by atoms with Crippen molar-refractivity contribution in [3.8, 4) is 0 Å². The van der Waals surface area contributed by atoms with Gasteiger partial charge in [-0.1, -0.05) is 0 Å². The number of hydrogen-bond donors (Lipinski definition) is 1. The zero-order valence-electron chi connectivity index (χ0n) is 9.82. The molecule has 84 valence electrons. The Hall–Kier alpha value is -1.03. The van der Waals surface area contributed by atoms with Gasteiger partial charge in [0.2, 0.25) is 5.95 Å². The van der Waals surface area contributed by atoms with Gasteiger partial charge in [0.1, 0.15) is 0 Å². The van der Waals surface area contributed by atoms with E-state index in [4.69, 9.17) is 0 Å². The van der Waals surface area contributed by atoms with E-state index >= 15 is 0 Å². The van der Waals surface area contributed by atoms with Gasteiger partial charge in [0, 0.05) is 25.3 Å². The highest BCUT2D eigenvalue weighted by Crippen LogP contribution is 2.24. The molecule has 1 saturated carbocycles. The second-order valence-corrected chi connectivity index (χ2v) is 4.62. The minimum absolute atomic E-state index is 0.671. The van der Waals surface area contributed by atoms with Crippen molar-refractivity contribution >= 4 is 5.95 Å². The van der Waals surface area contributed by atoms with Gasteiger partial charge in [-0.25, -0.2) is 4.98 Å². The van der Waals surface area contributed by atoms with E-state index in [0.29, 0.717) is 6.04 Å². The summed E-state index contributed by atoms with van der Waals surface area (Å²) in [6, 6.07) is 0.671. The molecule has 0 radical (unpaired) electrons. The average Bonchev–Trinajstić information content (AvgIpc) is 2.88. The molecule has 0 aromatic carbocycles. The lowest BCUT2D eigenvalue weighted by Crippen LogP contribution is -2.19. The molecule has 1 heterocycles. The molecule has 0 spiro atoms. The Morgan fingerprint density at radius 2 is 2.27 bits per heavy atom. The van der Waals surface area contributed by atoms with E-state index in [1.807, 2.05) is 6.92 Å². The van der Waals surface area contributed by atoms with E-state index in [9.17, 15) is 0 Å². The Labute approximate surface area is 91.3 Å². The van der Waals surface area contributed by atoms with Crippen molar-refractivity contribution < 1.29 is 0 Å². The molecule has 0 atom stereocenters. The largest absolute Gasteiger partial charge is 0.353 e. The van der Waals surface area contributed by atoms with Crippen LogP contribution in [0.5, 0.6) is 0 Å². The second-order valence-electron chi connectivity index (χ2n) is 4.62. The fourth-order valence-electron chi connectivity index (χ4n) is 1.55. The molecule has 1 aromatic rings. The highest BCUT2D eigenvalue weighted by Gasteiger charge is 2.22. The number of hydrogen-bond acceptors (Lipinski definition) is 3. The Morgan fingerprint density at radius 1 is 1.53 bits per heavy atom. The van der Waals surface area contributed by atoms with Crippen molar-refractivity contribution in [2.75, 3.05) is 26.0 Å². The van der Waals surface area contributed by atoms with Gasteiger partial charge < -0.3 is 14.8 Å². The number of anilines is 1. The first-order valence-electron chi connectivity index (χ1n) is 5.60. The van der Waals surface area contributed by atoms with Crippen LogP contribution in [0.2, 0.25) is 0 Å². The van der Waals surface area contributed by atoms with Crippen LogP contribution in [0.4, 0.5) is 5.95 Å². The summed E-state index contributed by atoms with van der Waals surface area (Å²) >= 11 is 0. The fourth-order valence-corrected chi connectivity index (χ4v) is 1.55. The molecule has 1 aromatic heterocycles. The van der Waals surface area contributed by atoms with Crippen LogP contribution in [-0.2, 0) is 6.54 Å². The molecular weight excluding hydrogens is 188 g/mol. The monoisotopic (exact) mass is 208 g/mol. The van der Waals surface area contributed by atoms with E-state index in [-0.39, 0.29) is 0 Å².